The van der Waals surface area contributed by atoms with Gasteiger partial charge in [-0.25, -0.2) is 17.6 Å². The molecule has 3 aromatic rings. The summed E-state index contributed by atoms with van der Waals surface area (Å²) in [5.41, 5.74) is 0.758. The molecule has 0 fully saturated rings. The van der Waals surface area contributed by atoms with E-state index in [-0.39, 0.29) is 38.9 Å². The van der Waals surface area contributed by atoms with Crippen molar-refractivity contribution in [2.45, 2.75) is 44.0 Å². The number of carboxylic acids is 1. The fourth-order valence-corrected chi connectivity index (χ4v) is 6.29. The van der Waals surface area contributed by atoms with E-state index in [4.69, 9.17) is 0 Å². The van der Waals surface area contributed by atoms with E-state index in [1.807, 2.05) is 42.2 Å². The number of para-hydroxylation sites is 1. The minimum atomic E-state index is -4.06. The predicted molar refractivity (Wildman–Crippen MR) is 141 cm³/mol. The van der Waals surface area contributed by atoms with Gasteiger partial charge in [-0.2, -0.15) is 4.31 Å². The number of fused-ring (bicyclic) bond motifs is 1. The van der Waals surface area contributed by atoms with Gasteiger partial charge in [0.05, 0.1) is 11.3 Å². The van der Waals surface area contributed by atoms with Gasteiger partial charge >= 0.3 is 5.97 Å². The van der Waals surface area contributed by atoms with Gasteiger partial charge in [0.25, 0.3) is 0 Å². The van der Waals surface area contributed by atoms with Crippen LogP contribution in [-0.4, -0.2) is 49.2 Å². The average Bonchev–Trinajstić information content (AvgIpc) is 2.95. The van der Waals surface area contributed by atoms with Crippen molar-refractivity contribution in [2.75, 3.05) is 18.5 Å². The largest absolute Gasteiger partial charge is 0.478 e. The number of rotatable bonds is 7. The van der Waals surface area contributed by atoms with Crippen LogP contribution in [0.25, 0.3) is 11.1 Å². The molecule has 0 bridgehead atoms. The van der Waals surface area contributed by atoms with Gasteiger partial charge in [-0.15, -0.1) is 0 Å². The summed E-state index contributed by atoms with van der Waals surface area (Å²) in [4.78, 5) is 25.6. The number of benzene rings is 3. The van der Waals surface area contributed by atoms with Gasteiger partial charge in [-0.05, 0) is 61.4 Å². The highest BCUT2D eigenvalue weighted by atomic mass is 32.2. The van der Waals surface area contributed by atoms with Crippen molar-refractivity contribution in [3.8, 4) is 11.1 Å². The van der Waals surface area contributed by atoms with Crippen LogP contribution in [0.3, 0.4) is 0 Å². The van der Waals surface area contributed by atoms with Gasteiger partial charge in [0.1, 0.15) is 10.7 Å². The van der Waals surface area contributed by atoms with Gasteiger partial charge in [-0.3, -0.25) is 4.79 Å². The lowest BCUT2D eigenvalue weighted by atomic mass is 9.94. The number of likely N-dealkylation sites (N-methyl/N-ethyl adjacent to an activating group) is 1. The molecule has 0 saturated heterocycles. The van der Waals surface area contributed by atoms with Gasteiger partial charge in [0.15, 0.2) is 5.78 Å². The Balaban J connectivity index is 2.00. The van der Waals surface area contributed by atoms with E-state index in [0.717, 1.165) is 18.5 Å². The van der Waals surface area contributed by atoms with Crippen LogP contribution in [0.2, 0.25) is 0 Å². The lowest BCUT2D eigenvalue weighted by Gasteiger charge is -2.29. The molecular weight excluding hydrogens is 495 g/mol. The molecule has 1 N–H and O–H groups in total. The zero-order chi connectivity index (χ0) is 26.9. The van der Waals surface area contributed by atoms with Crippen LogP contribution in [-0.2, 0) is 10.0 Å². The highest BCUT2D eigenvalue weighted by Crippen LogP contribution is 2.41. The van der Waals surface area contributed by atoms with E-state index in [0.29, 0.717) is 13.0 Å². The number of carbonyl (C=O) groups excluding carboxylic acids is 1. The lowest BCUT2D eigenvalue weighted by molar-refractivity contribution is 0.0696. The Labute approximate surface area is 216 Å². The van der Waals surface area contributed by atoms with Crippen molar-refractivity contribution >= 4 is 33.2 Å². The van der Waals surface area contributed by atoms with E-state index in [9.17, 15) is 23.1 Å². The maximum Gasteiger partial charge on any atom is 0.335 e. The Morgan fingerprint density at radius 3 is 2.38 bits per heavy atom. The molecule has 9 heteroatoms. The molecule has 0 aliphatic carbocycles. The number of halogens is 1. The Morgan fingerprint density at radius 1 is 1.05 bits per heavy atom. The molecule has 0 saturated carbocycles. The molecule has 0 aromatic heterocycles. The summed E-state index contributed by atoms with van der Waals surface area (Å²) in [6.45, 7) is 3.66. The number of carboxylic acid groups (broad SMARTS) is 1. The molecule has 1 heterocycles. The van der Waals surface area contributed by atoms with E-state index in [2.05, 4.69) is 0 Å². The third kappa shape index (κ3) is 5.01. The normalized spacial score (nSPS) is 17.2. The second-order valence-corrected chi connectivity index (χ2v) is 11.2. The highest BCUT2D eigenvalue weighted by Gasteiger charge is 2.37. The Morgan fingerprint density at radius 2 is 1.76 bits per heavy atom. The van der Waals surface area contributed by atoms with E-state index in [1.165, 1.54) is 48.6 Å². The molecule has 0 radical (unpaired) electrons. The first kappa shape index (κ1) is 26.5. The minimum Gasteiger partial charge on any atom is -0.478 e. The quantitative estimate of drug-likeness (QED) is 0.397. The Hall–Kier alpha value is -3.56. The number of hydrogen-bond acceptors (Lipinski definition) is 5. The van der Waals surface area contributed by atoms with E-state index in [1.54, 1.807) is 0 Å². The molecule has 1 unspecified atom stereocenters. The molecule has 1 aliphatic heterocycles. The van der Waals surface area contributed by atoms with Crippen LogP contribution in [0.15, 0.2) is 65.6 Å². The fourth-order valence-electron chi connectivity index (χ4n) is 4.71. The summed E-state index contributed by atoms with van der Waals surface area (Å²) >= 11 is 0. The SMILES string of the molecule is CCCCC1CN(c2ccccc2)c2cc(F)c(-c3cc(C(=O)O)ccc3C(C)=O)cc2S(=O)(=O)N1C. The number of hydrogen-bond donors (Lipinski definition) is 1. The monoisotopic (exact) mass is 524 g/mol. The number of carbonyl (C=O) groups is 2. The number of ketones is 1. The van der Waals surface area contributed by atoms with Crippen LogP contribution in [0, 0.1) is 5.82 Å². The minimum absolute atomic E-state index is 0.0311. The molecule has 0 amide bonds. The summed E-state index contributed by atoms with van der Waals surface area (Å²) in [6.07, 6.45) is 2.36. The van der Waals surface area contributed by atoms with Crippen LogP contribution in [0.5, 0.6) is 0 Å². The van der Waals surface area contributed by atoms with E-state index >= 15 is 4.39 Å². The van der Waals surface area contributed by atoms with Crippen LogP contribution in [0.1, 0.15) is 53.8 Å². The first-order chi connectivity index (χ1) is 17.6. The number of anilines is 2. The second-order valence-electron chi connectivity index (χ2n) is 9.18. The topological polar surface area (TPSA) is 95.0 Å². The Kier molecular flexibility index (Phi) is 7.47. The van der Waals surface area contributed by atoms with Crippen LogP contribution < -0.4 is 4.90 Å². The third-order valence-electron chi connectivity index (χ3n) is 6.80. The predicted octanol–water partition coefficient (Wildman–Crippen LogP) is 5.72. The highest BCUT2D eigenvalue weighted by molar-refractivity contribution is 7.89. The first-order valence-corrected chi connectivity index (χ1v) is 13.5. The molecule has 3 aromatic carbocycles. The zero-order valence-electron chi connectivity index (χ0n) is 20.9. The van der Waals surface area contributed by atoms with Crippen LogP contribution >= 0.6 is 0 Å². The molecule has 7 nitrogen and oxygen atoms in total. The van der Waals surface area contributed by atoms with E-state index < -0.39 is 27.6 Å². The maximum absolute atomic E-state index is 15.8. The van der Waals surface area contributed by atoms with Crippen molar-refractivity contribution < 1.29 is 27.5 Å². The molecule has 1 aliphatic rings. The van der Waals surface area contributed by atoms with Crippen molar-refractivity contribution in [2.24, 2.45) is 0 Å². The number of unbranched alkanes of at least 4 members (excludes halogenated alkanes) is 1. The smallest absolute Gasteiger partial charge is 0.335 e. The molecule has 0 spiro atoms. The number of sulfonamides is 1. The maximum atomic E-state index is 15.8. The standard InChI is InChI=1S/C28H29FN2O5S/c1-4-5-9-21-17-31(20-10-7-6-8-11-20)26-16-25(29)24(15-27(26)37(35,36)30(21)3)23-14-19(28(33)34)12-13-22(23)18(2)32/h6-8,10-16,21H,4-5,9,17H2,1-3H3,(H,33,34). The average molecular weight is 525 g/mol. The number of nitrogens with zero attached hydrogens (tertiary/aromatic N) is 2. The van der Waals surface area contributed by atoms with Gasteiger partial charge in [-0.1, -0.05) is 38.0 Å². The van der Waals surface area contributed by atoms with Crippen molar-refractivity contribution in [3.63, 3.8) is 0 Å². The number of Topliss-reactive ketones (excluding diaryl/α,β-unsaturated/α-hetero) is 1. The third-order valence-corrected chi connectivity index (χ3v) is 8.74. The molecule has 1 atom stereocenters. The summed E-state index contributed by atoms with van der Waals surface area (Å²) in [7, 11) is -2.53. The summed E-state index contributed by atoms with van der Waals surface area (Å²) in [6, 6.07) is 15.0. The summed E-state index contributed by atoms with van der Waals surface area (Å²) in [5, 5.41) is 9.47. The molecule has 37 heavy (non-hydrogen) atoms. The zero-order valence-corrected chi connectivity index (χ0v) is 21.8. The Bertz CT molecular complexity index is 1460. The van der Waals surface area contributed by atoms with Gasteiger partial charge < -0.3 is 10.0 Å². The second kappa shape index (κ2) is 10.4. The molecule has 194 valence electrons. The van der Waals surface area contributed by atoms with Crippen LogP contribution in [0.4, 0.5) is 15.8 Å². The lowest BCUT2D eigenvalue weighted by Crippen LogP contribution is -2.40. The molecular formula is C28H29FN2O5S. The fraction of sp³-hybridized carbons (Fsp3) is 0.286. The van der Waals surface area contributed by atoms with Crippen molar-refractivity contribution in [3.05, 3.63) is 77.6 Å². The summed E-state index contributed by atoms with van der Waals surface area (Å²) in [5.74, 6) is -2.39. The van der Waals surface area contributed by atoms with Gasteiger partial charge in [0.2, 0.25) is 10.0 Å². The first-order valence-electron chi connectivity index (χ1n) is 12.1. The van der Waals surface area contributed by atoms with Gasteiger partial charge in [0, 0.05) is 36.4 Å². The summed E-state index contributed by atoms with van der Waals surface area (Å²) < 4.78 is 44.9. The van der Waals surface area contributed by atoms with Crippen molar-refractivity contribution in [1.29, 1.82) is 0 Å². The molecule has 4 rings (SSSR count). The number of aromatic carboxylic acids is 1. The van der Waals surface area contributed by atoms with Crippen molar-refractivity contribution in [1.82, 2.24) is 4.31 Å².